The molecular formula is C14H7F2N3O3. The second-order valence-corrected chi connectivity index (χ2v) is 4.47. The monoisotopic (exact) mass is 303 g/mol. The van der Waals surface area contributed by atoms with Gasteiger partial charge < -0.3 is 4.98 Å². The predicted molar refractivity (Wildman–Crippen MR) is 74.4 cm³/mol. The van der Waals surface area contributed by atoms with E-state index < -0.39 is 33.4 Å². The summed E-state index contributed by atoms with van der Waals surface area (Å²) in [5, 5.41) is 11.3. The molecule has 0 saturated carbocycles. The van der Waals surface area contributed by atoms with Crippen LogP contribution in [0.4, 0.5) is 14.5 Å². The molecule has 6 nitrogen and oxygen atoms in total. The Labute approximate surface area is 121 Å². The maximum absolute atomic E-state index is 14.0. The topological polar surface area (TPSA) is 88.9 Å². The van der Waals surface area contributed by atoms with Crippen LogP contribution in [0.15, 0.2) is 41.2 Å². The number of fused-ring (bicyclic) bond motifs is 1. The summed E-state index contributed by atoms with van der Waals surface area (Å²) in [6.45, 7) is 0. The summed E-state index contributed by atoms with van der Waals surface area (Å²) >= 11 is 0. The maximum atomic E-state index is 14.0. The van der Waals surface area contributed by atoms with Crippen molar-refractivity contribution in [3.8, 4) is 11.4 Å². The highest BCUT2D eigenvalue weighted by Crippen LogP contribution is 2.31. The summed E-state index contributed by atoms with van der Waals surface area (Å²) < 4.78 is 27.2. The minimum absolute atomic E-state index is 0.249. The lowest BCUT2D eigenvalue weighted by Crippen LogP contribution is -2.11. The van der Waals surface area contributed by atoms with Crippen molar-refractivity contribution in [2.75, 3.05) is 0 Å². The molecule has 0 amide bonds. The summed E-state index contributed by atoms with van der Waals surface area (Å²) in [6.07, 6.45) is 0. The van der Waals surface area contributed by atoms with Crippen LogP contribution in [-0.4, -0.2) is 14.9 Å². The summed E-state index contributed by atoms with van der Waals surface area (Å²) in [5.74, 6) is -2.59. The maximum Gasteiger partial charge on any atom is 0.286 e. The van der Waals surface area contributed by atoms with E-state index in [2.05, 4.69) is 9.97 Å². The van der Waals surface area contributed by atoms with Crippen LogP contribution in [0.3, 0.4) is 0 Å². The number of para-hydroxylation sites is 1. The number of halogens is 2. The molecule has 1 aromatic heterocycles. The zero-order chi connectivity index (χ0) is 15.9. The average molecular weight is 303 g/mol. The van der Waals surface area contributed by atoms with E-state index in [9.17, 15) is 23.7 Å². The molecule has 3 aromatic rings. The zero-order valence-corrected chi connectivity index (χ0v) is 10.8. The molecule has 22 heavy (non-hydrogen) atoms. The molecule has 0 atom stereocenters. The Morgan fingerprint density at radius 1 is 1.18 bits per heavy atom. The van der Waals surface area contributed by atoms with Gasteiger partial charge >= 0.3 is 0 Å². The fourth-order valence-electron chi connectivity index (χ4n) is 2.14. The fourth-order valence-corrected chi connectivity index (χ4v) is 2.14. The van der Waals surface area contributed by atoms with Crippen LogP contribution in [0.25, 0.3) is 22.3 Å². The highest BCUT2D eigenvalue weighted by atomic mass is 19.1. The molecule has 0 radical (unpaired) electrons. The van der Waals surface area contributed by atoms with Gasteiger partial charge in [0.15, 0.2) is 5.82 Å². The predicted octanol–water partition coefficient (Wildman–Crippen LogP) is 2.78. The van der Waals surface area contributed by atoms with Crippen molar-refractivity contribution in [1.29, 1.82) is 0 Å². The second-order valence-electron chi connectivity index (χ2n) is 4.47. The Hall–Kier alpha value is -3.16. The van der Waals surface area contributed by atoms with Crippen LogP contribution in [0, 0.1) is 21.7 Å². The standard InChI is InChI=1S/C14H7F2N3O3/c15-7-5-9(16)12(11(6-7)19(21)22)13-17-10-4-2-1-3-8(10)14(20)18-13/h1-6H,(H,17,18,20). The van der Waals surface area contributed by atoms with E-state index in [1.165, 1.54) is 12.1 Å². The smallest absolute Gasteiger partial charge is 0.286 e. The highest BCUT2D eigenvalue weighted by Gasteiger charge is 2.24. The van der Waals surface area contributed by atoms with Crippen molar-refractivity contribution in [2.45, 2.75) is 0 Å². The van der Waals surface area contributed by atoms with E-state index in [0.717, 1.165) is 0 Å². The largest absolute Gasteiger partial charge is 0.306 e. The Kier molecular flexibility index (Phi) is 3.13. The van der Waals surface area contributed by atoms with Gasteiger partial charge in [0, 0.05) is 6.07 Å². The fraction of sp³-hybridized carbons (Fsp3) is 0. The van der Waals surface area contributed by atoms with Crippen LogP contribution in [0.5, 0.6) is 0 Å². The van der Waals surface area contributed by atoms with E-state index in [0.29, 0.717) is 12.1 Å². The van der Waals surface area contributed by atoms with Gasteiger partial charge in [-0.1, -0.05) is 12.1 Å². The van der Waals surface area contributed by atoms with Crippen molar-refractivity contribution in [3.05, 3.63) is 68.5 Å². The molecule has 0 aliphatic heterocycles. The molecule has 0 unspecified atom stereocenters. The number of rotatable bonds is 2. The second kappa shape index (κ2) is 4.99. The van der Waals surface area contributed by atoms with Gasteiger partial charge in [0.05, 0.1) is 21.9 Å². The number of aromatic nitrogens is 2. The third kappa shape index (κ3) is 2.20. The number of aromatic amines is 1. The van der Waals surface area contributed by atoms with Crippen molar-refractivity contribution in [2.24, 2.45) is 0 Å². The van der Waals surface area contributed by atoms with Crippen LogP contribution in [0.1, 0.15) is 0 Å². The Morgan fingerprint density at radius 2 is 1.91 bits per heavy atom. The van der Waals surface area contributed by atoms with Crippen molar-refractivity contribution in [1.82, 2.24) is 9.97 Å². The number of hydrogen-bond donors (Lipinski definition) is 1. The lowest BCUT2D eigenvalue weighted by atomic mass is 10.1. The lowest BCUT2D eigenvalue weighted by molar-refractivity contribution is -0.384. The minimum Gasteiger partial charge on any atom is -0.306 e. The van der Waals surface area contributed by atoms with Gasteiger partial charge in [0.2, 0.25) is 0 Å². The first kappa shape index (κ1) is 13.8. The van der Waals surface area contributed by atoms with Crippen LogP contribution < -0.4 is 5.56 Å². The summed E-state index contributed by atoms with van der Waals surface area (Å²) in [6, 6.07) is 7.35. The molecule has 0 saturated heterocycles. The number of hydrogen-bond acceptors (Lipinski definition) is 4. The molecule has 8 heteroatoms. The SMILES string of the molecule is O=c1[nH]c(-c2c(F)cc(F)cc2[N+](=O)[O-])nc2ccccc12. The van der Waals surface area contributed by atoms with E-state index >= 15 is 0 Å². The van der Waals surface area contributed by atoms with Gasteiger partial charge in [0.1, 0.15) is 17.2 Å². The summed E-state index contributed by atoms with van der Waals surface area (Å²) in [5.41, 5.74) is -1.69. The van der Waals surface area contributed by atoms with E-state index in [-0.39, 0.29) is 16.7 Å². The van der Waals surface area contributed by atoms with Crippen molar-refractivity contribution in [3.63, 3.8) is 0 Å². The van der Waals surface area contributed by atoms with Crippen molar-refractivity contribution >= 4 is 16.6 Å². The quantitative estimate of drug-likeness (QED) is 0.582. The summed E-state index contributed by atoms with van der Waals surface area (Å²) in [7, 11) is 0. The molecule has 3 rings (SSSR count). The molecule has 0 aliphatic rings. The normalized spacial score (nSPS) is 10.8. The van der Waals surface area contributed by atoms with Crippen molar-refractivity contribution < 1.29 is 13.7 Å². The van der Waals surface area contributed by atoms with E-state index in [1.54, 1.807) is 12.1 Å². The van der Waals surface area contributed by atoms with Gasteiger partial charge in [-0.3, -0.25) is 14.9 Å². The molecule has 1 heterocycles. The van der Waals surface area contributed by atoms with Crippen LogP contribution in [0.2, 0.25) is 0 Å². The summed E-state index contributed by atoms with van der Waals surface area (Å²) in [4.78, 5) is 28.3. The molecule has 110 valence electrons. The van der Waals surface area contributed by atoms with E-state index in [1.807, 2.05) is 0 Å². The third-order valence-corrected chi connectivity index (χ3v) is 3.08. The van der Waals surface area contributed by atoms with Gasteiger partial charge in [-0.2, -0.15) is 0 Å². The Balaban J connectivity index is 2.37. The number of nitrogens with zero attached hydrogens (tertiary/aromatic N) is 2. The molecular weight excluding hydrogens is 296 g/mol. The number of nitrogens with one attached hydrogen (secondary N) is 1. The first-order valence-electron chi connectivity index (χ1n) is 6.10. The molecule has 1 N–H and O–H groups in total. The molecule has 0 spiro atoms. The highest BCUT2D eigenvalue weighted by molar-refractivity contribution is 5.80. The average Bonchev–Trinajstić information content (AvgIpc) is 2.46. The van der Waals surface area contributed by atoms with Gasteiger partial charge in [-0.25, -0.2) is 13.8 Å². The van der Waals surface area contributed by atoms with E-state index in [4.69, 9.17) is 0 Å². The number of nitro benzene ring substituents is 1. The first-order valence-corrected chi connectivity index (χ1v) is 6.10. The molecule has 0 bridgehead atoms. The third-order valence-electron chi connectivity index (χ3n) is 3.08. The Bertz CT molecular complexity index is 969. The van der Waals surface area contributed by atoms with Crippen LogP contribution >= 0.6 is 0 Å². The van der Waals surface area contributed by atoms with Crippen LogP contribution in [-0.2, 0) is 0 Å². The van der Waals surface area contributed by atoms with Gasteiger partial charge in [0.25, 0.3) is 11.2 Å². The minimum atomic E-state index is -1.18. The number of H-pyrrole nitrogens is 1. The van der Waals surface area contributed by atoms with Gasteiger partial charge in [-0.15, -0.1) is 0 Å². The number of nitro groups is 1. The molecule has 0 fully saturated rings. The first-order chi connectivity index (χ1) is 10.5. The van der Waals surface area contributed by atoms with Gasteiger partial charge in [-0.05, 0) is 12.1 Å². The Morgan fingerprint density at radius 3 is 2.64 bits per heavy atom. The molecule has 0 aliphatic carbocycles. The zero-order valence-electron chi connectivity index (χ0n) is 10.8. The lowest BCUT2D eigenvalue weighted by Gasteiger charge is -2.05. The number of benzene rings is 2. The molecule has 2 aromatic carbocycles.